The molecule has 0 amide bonds. The fourth-order valence-corrected chi connectivity index (χ4v) is 2.85. The maximum atomic E-state index is 13.7. The van der Waals surface area contributed by atoms with Crippen molar-refractivity contribution in [2.75, 3.05) is 24.5 Å². The second-order valence-electron chi connectivity index (χ2n) is 6.60. The lowest BCUT2D eigenvalue weighted by atomic mass is 9.99. The number of nitro benzene ring substituents is 1. The molecule has 2 aromatic rings. The molecule has 6 heteroatoms. The van der Waals surface area contributed by atoms with E-state index in [0.29, 0.717) is 11.6 Å². The molecule has 2 aromatic carbocycles. The zero-order valence-electron chi connectivity index (χ0n) is 15.8. The van der Waals surface area contributed by atoms with Gasteiger partial charge in [0.2, 0.25) is 0 Å². The van der Waals surface area contributed by atoms with Crippen molar-refractivity contribution in [2.24, 2.45) is 10.9 Å². The van der Waals surface area contributed by atoms with E-state index in [1.807, 2.05) is 48.4 Å². The molecule has 1 heterocycles. The lowest BCUT2D eigenvalue weighted by Crippen LogP contribution is -2.33. The molecule has 1 saturated heterocycles. The molecule has 0 aromatic heterocycles. The second-order valence-corrected chi connectivity index (χ2v) is 6.60. The van der Waals surface area contributed by atoms with Crippen LogP contribution in [0.5, 0.6) is 0 Å². The van der Waals surface area contributed by atoms with E-state index in [2.05, 4.69) is 11.9 Å². The standard InChI is InChI=1S/C12H15FN2O2.C9H11N/c1-9-4-6-14(7-5-9)12-3-2-10(15(16)17)8-11(12)13;1-2-10-8-9-6-4-3-5-7-9/h2-3,8-9H,4-7H2,1H3;3-8H,2H2,1H3. The van der Waals surface area contributed by atoms with Crippen molar-refractivity contribution >= 4 is 17.6 Å². The van der Waals surface area contributed by atoms with Crippen LogP contribution in [-0.4, -0.2) is 30.8 Å². The van der Waals surface area contributed by atoms with Gasteiger partial charge < -0.3 is 4.90 Å². The second kappa shape index (κ2) is 10.4. The Balaban J connectivity index is 0.000000223. The number of benzene rings is 2. The zero-order valence-corrected chi connectivity index (χ0v) is 15.8. The molecule has 1 aliphatic rings. The number of nitro groups is 1. The average Bonchev–Trinajstić information content (AvgIpc) is 2.68. The third-order valence-corrected chi connectivity index (χ3v) is 4.49. The molecule has 0 atom stereocenters. The van der Waals surface area contributed by atoms with Crippen LogP contribution >= 0.6 is 0 Å². The number of anilines is 1. The summed E-state index contributed by atoms with van der Waals surface area (Å²) in [4.78, 5) is 16.0. The van der Waals surface area contributed by atoms with Crippen LogP contribution in [-0.2, 0) is 0 Å². The Hall–Kier alpha value is -2.76. The largest absolute Gasteiger partial charge is 0.369 e. The summed E-state index contributed by atoms with van der Waals surface area (Å²) in [6.07, 6.45) is 3.97. The Morgan fingerprint density at radius 1 is 1.22 bits per heavy atom. The molecule has 0 saturated carbocycles. The maximum absolute atomic E-state index is 13.7. The Kier molecular flexibility index (Phi) is 7.92. The molecule has 0 unspecified atom stereocenters. The van der Waals surface area contributed by atoms with Gasteiger partial charge in [0.15, 0.2) is 5.82 Å². The normalized spacial score (nSPS) is 14.7. The van der Waals surface area contributed by atoms with Crippen molar-refractivity contribution in [1.29, 1.82) is 0 Å². The Labute approximate surface area is 159 Å². The summed E-state index contributed by atoms with van der Waals surface area (Å²) in [5.41, 5.74) is 1.45. The highest BCUT2D eigenvalue weighted by atomic mass is 19.1. The molecular formula is C21H26FN3O2. The predicted octanol–water partition coefficient (Wildman–Crippen LogP) is 5.10. The Bertz CT molecular complexity index is 757. The van der Waals surface area contributed by atoms with E-state index in [1.54, 1.807) is 0 Å². The summed E-state index contributed by atoms with van der Waals surface area (Å²) in [6, 6.07) is 14.0. The van der Waals surface area contributed by atoms with Crippen molar-refractivity contribution in [3.8, 4) is 0 Å². The Morgan fingerprint density at radius 3 is 2.44 bits per heavy atom. The fraction of sp³-hybridized carbons (Fsp3) is 0.381. The van der Waals surface area contributed by atoms with Gasteiger partial charge in [-0.25, -0.2) is 4.39 Å². The number of aliphatic imine (C=N–C) groups is 1. The molecule has 1 fully saturated rings. The number of non-ortho nitro benzene ring substituents is 1. The van der Waals surface area contributed by atoms with Crippen molar-refractivity contribution in [1.82, 2.24) is 0 Å². The minimum atomic E-state index is -0.578. The molecule has 0 bridgehead atoms. The van der Waals surface area contributed by atoms with E-state index in [4.69, 9.17) is 0 Å². The van der Waals surface area contributed by atoms with Gasteiger partial charge >= 0.3 is 0 Å². The van der Waals surface area contributed by atoms with Gasteiger partial charge in [-0.05, 0) is 37.3 Å². The van der Waals surface area contributed by atoms with Crippen LogP contribution in [0.15, 0.2) is 53.5 Å². The maximum Gasteiger partial charge on any atom is 0.272 e. The average molecular weight is 371 g/mol. The van der Waals surface area contributed by atoms with Gasteiger partial charge in [-0.1, -0.05) is 37.3 Å². The molecular weight excluding hydrogens is 345 g/mol. The molecule has 5 nitrogen and oxygen atoms in total. The third kappa shape index (κ3) is 6.47. The highest BCUT2D eigenvalue weighted by Gasteiger charge is 2.20. The molecule has 0 radical (unpaired) electrons. The summed E-state index contributed by atoms with van der Waals surface area (Å²) < 4.78 is 13.7. The quantitative estimate of drug-likeness (QED) is 0.427. The van der Waals surface area contributed by atoms with E-state index in [-0.39, 0.29) is 5.69 Å². The van der Waals surface area contributed by atoms with Crippen LogP contribution in [0, 0.1) is 21.8 Å². The third-order valence-electron chi connectivity index (χ3n) is 4.49. The van der Waals surface area contributed by atoms with Crippen LogP contribution in [0.4, 0.5) is 15.8 Å². The van der Waals surface area contributed by atoms with Crippen LogP contribution in [0.1, 0.15) is 32.3 Å². The predicted molar refractivity (Wildman–Crippen MR) is 108 cm³/mol. The van der Waals surface area contributed by atoms with E-state index in [9.17, 15) is 14.5 Å². The van der Waals surface area contributed by atoms with Crippen LogP contribution < -0.4 is 4.90 Å². The summed E-state index contributed by atoms with van der Waals surface area (Å²) in [6.45, 7) is 6.70. The van der Waals surface area contributed by atoms with E-state index >= 15 is 0 Å². The first-order chi connectivity index (χ1) is 13.0. The number of nitrogens with zero attached hydrogens (tertiary/aromatic N) is 3. The smallest absolute Gasteiger partial charge is 0.272 e. The SMILES string of the molecule is CC1CCN(c2ccc([N+](=O)[O-])cc2F)CC1.CCN=Cc1ccccc1. The highest BCUT2D eigenvalue weighted by molar-refractivity contribution is 5.79. The van der Waals surface area contributed by atoms with Gasteiger partial charge in [0, 0.05) is 31.9 Å². The molecule has 0 N–H and O–H groups in total. The van der Waals surface area contributed by atoms with E-state index in [1.165, 1.54) is 17.7 Å². The Morgan fingerprint density at radius 2 is 1.89 bits per heavy atom. The number of hydrogen-bond acceptors (Lipinski definition) is 4. The minimum Gasteiger partial charge on any atom is -0.369 e. The lowest BCUT2D eigenvalue weighted by molar-refractivity contribution is -0.385. The first kappa shape index (κ1) is 20.6. The van der Waals surface area contributed by atoms with Crippen molar-refractivity contribution in [3.63, 3.8) is 0 Å². The monoisotopic (exact) mass is 371 g/mol. The molecule has 144 valence electrons. The zero-order chi connectivity index (χ0) is 19.6. The highest BCUT2D eigenvalue weighted by Crippen LogP contribution is 2.27. The number of halogens is 1. The summed E-state index contributed by atoms with van der Waals surface area (Å²) in [5.74, 6) is 0.168. The van der Waals surface area contributed by atoms with Crippen LogP contribution in [0.2, 0.25) is 0 Å². The van der Waals surface area contributed by atoms with Crippen molar-refractivity contribution in [3.05, 3.63) is 70.0 Å². The van der Waals surface area contributed by atoms with E-state index in [0.717, 1.165) is 38.5 Å². The molecule has 0 aliphatic carbocycles. The number of piperidine rings is 1. The number of rotatable bonds is 4. The lowest BCUT2D eigenvalue weighted by Gasteiger charge is -2.32. The molecule has 27 heavy (non-hydrogen) atoms. The first-order valence-corrected chi connectivity index (χ1v) is 9.25. The molecule has 0 spiro atoms. The van der Waals surface area contributed by atoms with Gasteiger partial charge in [-0.15, -0.1) is 0 Å². The summed E-state index contributed by atoms with van der Waals surface area (Å²) in [7, 11) is 0. The number of hydrogen-bond donors (Lipinski definition) is 0. The van der Waals surface area contributed by atoms with Gasteiger partial charge in [-0.3, -0.25) is 15.1 Å². The fourth-order valence-electron chi connectivity index (χ4n) is 2.85. The van der Waals surface area contributed by atoms with Gasteiger partial charge in [-0.2, -0.15) is 0 Å². The van der Waals surface area contributed by atoms with Crippen molar-refractivity contribution in [2.45, 2.75) is 26.7 Å². The topological polar surface area (TPSA) is 58.7 Å². The molecule has 3 rings (SSSR count). The van der Waals surface area contributed by atoms with Gasteiger partial charge in [0.05, 0.1) is 16.7 Å². The van der Waals surface area contributed by atoms with Gasteiger partial charge in [0.25, 0.3) is 5.69 Å². The van der Waals surface area contributed by atoms with Crippen LogP contribution in [0.25, 0.3) is 0 Å². The first-order valence-electron chi connectivity index (χ1n) is 9.25. The summed E-state index contributed by atoms with van der Waals surface area (Å²) >= 11 is 0. The van der Waals surface area contributed by atoms with Crippen LogP contribution in [0.3, 0.4) is 0 Å². The van der Waals surface area contributed by atoms with Gasteiger partial charge in [0.1, 0.15) is 0 Å². The van der Waals surface area contributed by atoms with E-state index < -0.39 is 10.7 Å². The van der Waals surface area contributed by atoms with Crippen molar-refractivity contribution < 1.29 is 9.31 Å². The minimum absolute atomic E-state index is 0.198. The molecule has 1 aliphatic heterocycles. The summed E-state index contributed by atoms with van der Waals surface area (Å²) in [5, 5.41) is 10.5.